The third-order valence-electron chi connectivity index (χ3n) is 2.89. The van der Waals surface area contributed by atoms with Crippen LogP contribution in [-0.2, 0) is 0 Å². The summed E-state index contributed by atoms with van der Waals surface area (Å²) in [7, 11) is 1.57. The lowest BCUT2D eigenvalue weighted by Crippen LogP contribution is -2.13. The number of benzene rings is 1. The molecule has 0 saturated heterocycles. The number of aromatic nitrogens is 2. The SMILES string of the molecule is COc1cc(Cl)ccc1-c1noc([C@H](N)CC(C)C)n1. The Balaban J connectivity index is 2.29. The largest absolute Gasteiger partial charge is 0.496 e. The molecule has 0 aliphatic rings. The van der Waals surface area contributed by atoms with Gasteiger partial charge >= 0.3 is 0 Å². The Morgan fingerprint density at radius 2 is 2.15 bits per heavy atom. The van der Waals surface area contributed by atoms with Crippen molar-refractivity contribution in [3.05, 3.63) is 29.1 Å². The van der Waals surface area contributed by atoms with Gasteiger partial charge in [0.1, 0.15) is 5.75 Å². The van der Waals surface area contributed by atoms with Crippen molar-refractivity contribution in [3.8, 4) is 17.1 Å². The minimum Gasteiger partial charge on any atom is -0.496 e. The highest BCUT2D eigenvalue weighted by molar-refractivity contribution is 6.30. The number of methoxy groups -OCH3 is 1. The van der Waals surface area contributed by atoms with Gasteiger partial charge in [-0.3, -0.25) is 0 Å². The maximum Gasteiger partial charge on any atom is 0.243 e. The predicted octanol–water partition coefficient (Wildman–Crippen LogP) is 3.44. The summed E-state index contributed by atoms with van der Waals surface area (Å²) in [6.45, 7) is 4.19. The second kappa shape index (κ2) is 6.24. The molecular weight excluding hydrogens is 278 g/mol. The van der Waals surface area contributed by atoms with Crippen molar-refractivity contribution in [3.63, 3.8) is 0 Å². The van der Waals surface area contributed by atoms with E-state index in [-0.39, 0.29) is 6.04 Å². The molecule has 6 heteroatoms. The number of nitrogens with two attached hydrogens (primary N) is 1. The maximum absolute atomic E-state index is 6.03. The fourth-order valence-corrected chi connectivity index (χ4v) is 2.12. The van der Waals surface area contributed by atoms with Gasteiger partial charge in [-0.05, 0) is 30.5 Å². The van der Waals surface area contributed by atoms with Crippen LogP contribution >= 0.6 is 11.6 Å². The molecule has 1 heterocycles. The third kappa shape index (κ3) is 3.29. The van der Waals surface area contributed by atoms with E-state index in [4.69, 9.17) is 26.6 Å². The molecule has 0 saturated carbocycles. The van der Waals surface area contributed by atoms with Crippen molar-refractivity contribution >= 4 is 11.6 Å². The van der Waals surface area contributed by atoms with Gasteiger partial charge in [-0.2, -0.15) is 4.98 Å². The van der Waals surface area contributed by atoms with Crippen LogP contribution in [0.25, 0.3) is 11.4 Å². The van der Waals surface area contributed by atoms with E-state index in [1.165, 1.54) is 0 Å². The summed E-state index contributed by atoms with van der Waals surface area (Å²) in [6.07, 6.45) is 0.791. The number of rotatable bonds is 5. The van der Waals surface area contributed by atoms with Gasteiger partial charge in [0.05, 0.1) is 18.7 Å². The third-order valence-corrected chi connectivity index (χ3v) is 3.12. The molecule has 1 aromatic heterocycles. The van der Waals surface area contributed by atoms with Gasteiger partial charge in [0, 0.05) is 5.02 Å². The normalized spacial score (nSPS) is 12.7. The Bertz CT molecular complexity index is 584. The maximum atomic E-state index is 6.03. The van der Waals surface area contributed by atoms with Crippen LogP contribution < -0.4 is 10.5 Å². The topological polar surface area (TPSA) is 74.2 Å². The summed E-state index contributed by atoms with van der Waals surface area (Å²) in [6, 6.07) is 5.00. The van der Waals surface area contributed by atoms with Gasteiger partial charge in [-0.1, -0.05) is 30.6 Å². The fraction of sp³-hybridized carbons (Fsp3) is 0.429. The smallest absolute Gasteiger partial charge is 0.243 e. The first-order valence-corrected chi connectivity index (χ1v) is 6.82. The lowest BCUT2D eigenvalue weighted by molar-refractivity contribution is 0.335. The monoisotopic (exact) mass is 295 g/mol. The van der Waals surface area contributed by atoms with Gasteiger partial charge in [-0.15, -0.1) is 0 Å². The molecule has 0 radical (unpaired) electrons. The van der Waals surface area contributed by atoms with Crippen molar-refractivity contribution in [1.82, 2.24) is 10.1 Å². The standard InChI is InChI=1S/C14H18ClN3O2/c1-8(2)6-11(16)14-17-13(18-20-14)10-5-4-9(15)7-12(10)19-3/h4-5,7-8,11H,6,16H2,1-3H3/t11-/m1/s1. The number of hydrogen-bond acceptors (Lipinski definition) is 5. The summed E-state index contributed by atoms with van der Waals surface area (Å²) in [5, 5.41) is 4.55. The van der Waals surface area contributed by atoms with Gasteiger partial charge < -0.3 is 15.0 Å². The molecule has 0 aliphatic carbocycles. The summed E-state index contributed by atoms with van der Waals surface area (Å²) in [4.78, 5) is 4.35. The van der Waals surface area contributed by atoms with Crippen LogP contribution in [0.15, 0.2) is 22.7 Å². The molecule has 1 atom stereocenters. The zero-order valence-electron chi connectivity index (χ0n) is 11.8. The molecular formula is C14H18ClN3O2. The number of ether oxygens (including phenoxy) is 1. The van der Waals surface area contributed by atoms with Crippen LogP contribution in [0.4, 0.5) is 0 Å². The van der Waals surface area contributed by atoms with Crippen LogP contribution in [-0.4, -0.2) is 17.3 Å². The lowest BCUT2D eigenvalue weighted by Gasteiger charge is -2.08. The molecule has 1 aromatic carbocycles. The summed E-state index contributed by atoms with van der Waals surface area (Å²) in [5.74, 6) is 1.95. The van der Waals surface area contributed by atoms with E-state index in [0.29, 0.717) is 28.4 Å². The Morgan fingerprint density at radius 3 is 2.80 bits per heavy atom. The van der Waals surface area contributed by atoms with E-state index in [9.17, 15) is 0 Å². The van der Waals surface area contributed by atoms with Crippen molar-refractivity contribution in [2.24, 2.45) is 11.7 Å². The molecule has 0 amide bonds. The van der Waals surface area contributed by atoms with E-state index in [1.54, 1.807) is 25.3 Å². The van der Waals surface area contributed by atoms with Crippen molar-refractivity contribution in [2.45, 2.75) is 26.3 Å². The zero-order chi connectivity index (χ0) is 14.7. The van der Waals surface area contributed by atoms with Crippen molar-refractivity contribution < 1.29 is 9.26 Å². The highest BCUT2D eigenvalue weighted by Crippen LogP contribution is 2.31. The number of nitrogens with zero attached hydrogens (tertiary/aromatic N) is 2. The summed E-state index contributed by atoms with van der Waals surface area (Å²) < 4.78 is 10.5. The first-order valence-electron chi connectivity index (χ1n) is 6.44. The molecule has 0 aliphatic heterocycles. The molecule has 2 N–H and O–H groups in total. The van der Waals surface area contributed by atoms with E-state index < -0.39 is 0 Å². The van der Waals surface area contributed by atoms with Crippen LogP contribution in [0.1, 0.15) is 32.2 Å². The first-order chi connectivity index (χ1) is 9.51. The lowest BCUT2D eigenvalue weighted by atomic mass is 10.0. The highest BCUT2D eigenvalue weighted by Gasteiger charge is 2.18. The summed E-state index contributed by atoms with van der Waals surface area (Å²) in [5.41, 5.74) is 6.76. The van der Waals surface area contributed by atoms with Gasteiger partial charge in [0.15, 0.2) is 0 Å². The Morgan fingerprint density at radius 1 is 1.40 bits per heavy atom. The first kappa shape index (κ1) is 14.8. The van der Waals surface area contributed by atoms with Gasteiger partial charge in [-0.25, -0.2) is 0 Å². The molecule has 20 heavy (non-hydrogen) atoms. The van der Waals surface area contributed by atoms with Crippen molar-refractivity contribution in [2.75, 3.05) is 7.11 Å². The second-order valence-corrected chi connectivity index (χ2v) is 5.47. The predicted molar refractivity (Wildman–Crippen MR) is 77.7 cm³/mol. The zero-order valence-corrected chi connectivity index (χ0v) is 12.5. The molecule has 0 fully saturated rings. The number of hydrogen-bond donors (Lipinski definition) is 1. The van der Waals surface area contributed by atoms with Crippen LogP contribution in [0, 0.1) is 5.92 Å². The molecule has 2 rings (SSSR count). The second-order valence-electron chi connectivity index (χ2n) is 5.04. The average molecular weight is 296 g/mol. The molecule has 0 unspecified atom stereocenters. The van der Waals surface area contributed by atoms with Crippen LogP contribution in [0.3, 0.4) is 0 Å². The van der Waals surface area contributed by atoms with Gasteiger partial charge in [0.2, 0.25) is 11.7 Å². The quantitative estimate of drug-likeness (QED) is 0.914. The van der Waals surface area contributed by atoms with Crippen LogP contribution in [0.5, 0.6) is 5.75 Å². The molecule has 0 bridgehead atoms. The van der Waals surface area contributed by atoms with E-state index in [0.717, 1.165) is 12.0 Å². The van der Waals surface area contributed by atoms with Crippen LogP contribution in [0.2, 0.25) is 5.02 Å². The highest BCUT2D eigenvalue weighted by atomic mass is 35.5. The fourth-order valence-electron chi connectivity index (χ4n) is 1.95. The minimum atomic E-state index is -0.255. The molecule has 5 nitrogen and oxygen atoms in total. The minimum absolute atomic E-state index is 0.255. The molecule has 2 aromatic rings. The van der Waals surface area contributed by atoms with E-state index in [2.05, 4.69) is 24.0 Å². The van der Waals surface area contributed by atoms with Gasteiger partial charge in [0.25, 0.3) is 0 Å². The Hall–Kier alpha value is -1.59. The molecule has 0 spiro atoms. The van der Waals surface area contributed by atoms with E-state index >= 15 is 0 Å². The average Bonchev–Trinajstić information content (AvgIpc) is 2.87. The Kier molecular flexibility index (Phi) is 4.62. The summed E-state index contributed by atoms with van der Waals surface area (Å²) >= 11 is 5.93. The Labute approximate surface area is 123 Å². The molecule has 108 valence electrons. The number of halogens is 1. The van der Waals surface area contributed by atoms with E-state index in [1.807, 2.05) is 0 Å². The van der Waals surface area contributed by atoms with Crippen molar-refractivity contribution in [1.29, 1.82) is 0 Å².